The van der Waals surface area contributed by atoms with Crippen molar-refractivity contribution in [1.82, 2.24) is 0 Å². The Morgan fingerprint density at radius 3 is 2.62 bits per heavy atom. The van der Waals surface area contributed by atoms with Gasteiger partial charge >= 0.3 is 5.97 Å². The van der Waals surface area contributed by atoms with Crippen LogP contribution < -0.4 is 0 Å². The lowest BCUT2D eigenvalue weighted by molar-refractivity contribution is -0.153. The van der Waals surface area contributed by atoms with Crippen LogP contribution in [0.15, 0.2) is 11.6 Å². The van der Waals surface area contributed by atoms with Crippen LogP contribution in [0.25, 0.3) is 0 Å². The molecule has 5 atom stereocenters. The summed E-state index contributed by atoms with van der Waals surface area (Å²) in [7, 11) is 0. The van der Waals surface area contributed by atoms with E-state index in [1.54, 1.807) is 6.08 Å². The number of carbonyl (C=O) groups excluding carboxylic acids is 3. The molecule has 1 saturated carbocycles. The van der Waals surface area contributed by atoms with Gasteiger partial charge in [0, 0.05) is 18.3 Å². The molecule has 0 aromatic rings. The lowest BCUT2D eigenvalue weighted by atomic mass is 9.57. The second kappa shape index (κ2) is 4.26. The third-order valence-corrected chi connectivity index (χ3v) is 5.57. The van der Waals surface area contributed by atoms with E-state index in [0.717, 1.165) is 5.57 Å². The van der Waals surface area contributed by atoms with Gasteiger partial charge in [0.25, 0.3) is 0 Å². The van der Waals surface area contributed by atoms with Crippen molar-refractivity contribution < 1.29 is 23.9 Å². The van der Waals surface area contributed by atoms with E-state index < -0.39 is 17.1 Å². The van der Waals surface area contributed by atoms with E-state index in [0.29, 0.717) is 12.8 Å². The predicted molar refractivity (Wildman–Crippen MR) is 73.4 cm³/mol. The molecule has 2 fully saturated rings. The first-order valence-corrected chi connectivity index (χ1v) is 7.36. The SMILES string of the molecule is CC(=O)OC1CCC2=CC(=O)C3(C(C)=O)OC3C2(C)C1C. The second-order valence-corrected chi connectivity index (χ2v) is 6.58. The molecular weight excluding hydrogens is 272 g/mol. The molecule has 5 unspecified atom stereocenters. The highest BCUT2D eigenvalue weighted by molar-refractivity contribution is 6.18. The van der Waals surface area contributed by atoms with Crippen LogP contribution >= 0.6 is 0 Å². The second-order valence-electron chi connectivity index (χ2n) is 6.58. The quantitative estimate of drug-likeness (QED) is 0.439. The van der Waals surface area contributed by atoms with Crippen LogP contribution in [0.5, 0.6) is 0 Å². The molecule has 0 spiro atoms. The van der Waals surface area contributed by atoms with E-state index in [9.17, 15) is 14.4 Å². The highest BCUT2D eigenvalue weighted by Gasteiger charge is 2.75. The van der Waals surface area contributed by atoms with Gasteiger partial charge in [0.1, 0.15) is 12.2 Å². The summed E-state index contributed by atoms with van der Waals surface area (Å²) in [5.41, 5.74) is -0.703. The molecule has 0 radical (unpaired) electrons. The van der Waals surface area contributed by atoms with Crippen molar-refractivity contribution in [3.63, 3.8) is 0 Å². The molecule has 114 valence electrons. The van der Waals surface area contributed by atoms with Crippen molar-refractivity contribution in [1.29, 1.82) is 0 Å². The van der Waals surface area contributed by atoms with Gasteiger partial charge in [-0.05, 0) is 25.8 Å². The standard InChI is InChI=1S/C16H20O5/c1-8-12(20-10(3)18)6-5-11-7-13(19)16(9(2)17)14(21-16)15(8,11)4/h7-8,12,14H,5-6H2,1-4H3. The Labute approximate surface area is 123 Å². The van der Waals surface area contributed by atoms with Crippen molar-refractivity contribution in [2.24, 2.45) is 11.3 Å². The average Bonchev–Trinajstić information content (AvgIpc) is 3.15. The third kappa shape index (κ3) is 1.70. The fourth-order valence-electron chi connectivity index (χ4n) is 4.10. The normalized spacial score (nSPS) is 44.3. The highest BCUT2D eigenvalue weighted by Crippen LogP contribution is 2.62. The zero-order valence-corrected chi connectivity index (χ0v) is 12.8. The third-order valence-electron chi connectivity index (χ3n) is 5.57. The Bertz CT molecular complexity index is 577. The first-order chi connectivity index (χ1) is 9.74. The minimum atomic E-state index is -1.29. The summed E-state index contributed by atoms with van der Waals surface area (Å²) >= 11 is 0. The van der Waals surface area contributed by atoms with E-state index in [1.165, 1.54) is 13.8 Å². The fourth-order valence-corrected chi connectivity index (χ4v) is 4.10. The zero-order chi connectivity index (χ0) is 15.6. The summed E-state index contributed by atoms with van der Waals surface area (Å²) in [5, 5.41) is 0. The number of ether oxygens (including phenoxy) is 2. The molecule has 3 rings (SSSR count). The van der Waals surface area contributed by atoms with Gasteiger partial charge in [-0.1, -0.05) is 19.4 Å². The average molecular weight is 292 g/mol. The van der Waals surface area contributed by atoms with Gasteiger partial charge in [0.05, 0.1) is 0 Å². The number of epoxide rings is 1. The lowest BCUT2D eigenvalue weighted by Crippen LogP contribution is -2.52. The van der Waals surface area contributed by atoms with Gasteiger partial charge in [0.15, 0.2) is 11.6 Å². The predicted octanol–water partition coefficient (Wildman–Crippen LogP) is 1.59. The first kappa shape index (κ1) is 14.4. The molecule has 3 aliphatic rings. The molecule has 1 saturated heterocycles. The van der Waals surface area contributed by atoms with Gasteiger partial charge in [-0.3, -0.25) is 14.4 Å². The molecule has 21 heavy (non-hydrogen) atoms. The van der Waals surface area contributed by atoms with Crippen molar-refractivity contribution in [2.45, 2.75) is 58.3 Å². The van der Waals surface area contributed by atoms with Gasteiger partial charge in [-0.15, -0.1) is 0 Å². The Kier molecular flexibility index (Phi) is 2.93. The Hall–Kier alpha value is -1.49. The Balaban J connectivity index is 1.99. The molecule has 0 aromatic carbocycles. The number of hydrogen-bond donors (Lipinski definition) is 0. The lowest BCUT2D eigenvalue weighted by Gasteiger charge is -2.46. The summed E-state index contributed by atoms with van der Waals surface area (Å²) in [6, 6.07) is 0. The number of hydrogen-bond acceptors (Lipinski definition) is 5. The van der Waals surface area contributed by atoms with E-state index >= 15 is 0 Å². The molecule has 5 nitrogen and oxygen atoms in total. The molecule has 0 amide bonds. The summed E-state index contributed by atoms with van der Waals surface area (Å²) in [4.78, 5) is 35.4. The maximum atomic E-state index is 12.3. The highest BCUT2D eigenvalue weighted by atomic mass is 16.6. The van der Waals surface area contributed by atoms with Crippen LogP contribution in [0.1, 0.15) is 40.5 Å². The van der Waals surface area contributed by atoms with Gasteiger partial charge < -0.3 is 9.47 Å². The van der Waals surface area contributed by atoms with Crippen LogP contribution in [0.4, 0.5) is 0 Å². The number of fused-ring (bicyclic) bond motifs is 3. The van der Waals surface area contributed by atoms with Crippen LogP contribution in [0.2, 0.25) is 0 Å². The van der Waals surface area contributed by atoms with Crippen LogP contribution in [-0.2, 0) is 23.9 Å². The monoisotopic (exact) mass is 292 g/mol. The zero-order valence-electron chi connectivity index (χ0n) is 12.8. The molecule has 0 aromatic heterocycles. The smallest absolute Gasteiger partial charge is 0.302 e. The van der Waals surface area contributed by atoms with Crippen LogP contribution in [0, 0.1) is 11.3 Å². The largest absolute Gasteiger partial charge is 0.462 e. The maximum Gasteiger partial charge on any atom is 0.302 e. The van der Waals surface area contributed by atoms with Crippen LogP contribution in [-0.4, -0.2) is 35.3 Å². The topological polar surface area (TPSA) is 73.0 Å². The Morgan fingerprint density at radius 2 is 2.05 bits per heavy atom. The van der Waals surface area contributed by atoms with Gasteiger partial charge in [-0.25, -0.2) is 0 Å². The van der Waals surface area contributed by atoms with E-state index in [4.69, 9.17) is 9.47 Å². The van der Waals surface area contributed by atoms with E-state index in [-0.39, 0.29) is 29.6 Å². The molecule has 2 aliphatic carbocycles. The maximum absolute atomic E-state index is 12.3. The molecular formula is C16H20O5. The van der Waals surface area contributed by atoms with Crippen molar-refractivity contribution >= 4 is 17.5 Å². The number of esters is 1. The number of rotatable bonds is 2. The first-order valence-electron chi connectivity index (χ1n) is 7.36. The van der Waals surface area contributed by atoms with Crippen molar-refractivity contribution in [3.05, 3.63) is 11.6 Å². The fraction of sp³-hybridized carbons (Fsp3) is 0.688. The molecule has 1 aliphatic heterocycles. The minimum absolute atomic E-state index is 0.000671. The number of Topliss-reactive ketones (excluding diaryl/α,β-unsaturated/α-hetero) is 1. The summed E-state index contributed by atoms with van der Waals surface area (Å²) in [5.74, 6) is -0.772. The number of ketones is 2. The Morgan fingerprint density at radius 1 is 1.38 bits per heavy atom. The van der Waals surface area contributed by atoms with E-state index in [1.807, 2.05) is 13.8 Å². The molecule has 5 heteroatoms. The van der Waals surface area contributed by atoms with Crippen molar-refractivity contribution in [2.75, 3.05) is 0 Å². The molecule has 1 heterocycles. The van der Waals surface area contributed by atoms with E-state index in [2.05, 4.69) is 0 Å². The van der Waals surface area contributed by atoms with Crippen molar-refractivity contribution in [3.8, 4) is 0 Å². The molecule has 0 bridgehead atoms. The number of carbonyl (C=O) groups is 3. The summed E-state index contributed by atoms with van der Waals surface area (Å²) in [6.07, 6.45) is 2.36. The van der Waals surface area contributed by atoms with Gasteiger partial charge in [-0.2, -0.15) is 0 Å². The molecule has 0 N–H and O–H groups in total. The van der Waals surface area contributed by atoms with Crippen LogP contribution in [0.3, 0.4) is 0 Å². The minimum Gasteiger partial charge on any atom is -0.462 e. The van der Waals surface area contributed by atoms with Gasteiger partial charge in [0.2, 0.25) is 5.60 Å². The summed E-state index contributed by atoms with van der Waals surface area (Å²) in [6.45, 7) is 6.82. The summed E-state index contributed by atoms with van der Waals surface area (Å²) < 4.78 is 11.1.